The smallest absolute Gasteiger partial charge is 0.255 e. The lowest BCUT2D eigenvalue weighted by Crippen LogP contribution is -2.22. The summed E-state index contributed by atoms with van der Waals surface area (Å²) in [6, 6.07) is 20.0. The SMILES string of the molecule is CN(C)S(=O)(=O)c1cccc(C(=O)Nc2cccc(NC(=O)c3ccc(C(C)(C)C)cc3)c2)c1. The molecule has 0 aliphatic carbocycles. The van der Waals surface area contributed by atoms with Gasteiger partial charge in [0.25, 0.3) is 11.8 Å². The Kier molecular flexibility index (Phi) is 7.24. The van der Waals surface area contributed by atoms with E-state index in [4.69, 9.17) is 0 Å². The van der Waals surface area contributed by atoms with Gasteiger partial charge in [-0.1, -0.05) is 45.0 Å². The van der Waals surface area contributed by atoms with Gasteiger partial charge in [-0.3, -0.25) is 9.59 Å². The minimum atomic E-state index is -3.66. The molecule has 0 atom stereocenters. The fourth-order valence-corrected chi connectivity index (χ4v) is 4.16. The van der Waals surface area contributed by atoms with Crippen LogP contribution in [-0.4, -0.2) is 38.6 Å². The number of amides is 2. The van der Waals surface area contributed by atoms with Crippen LogP contribution >= 0.6 is 0 Å². The largest absolute Gasteiger partial charge is 0.322 e. The highest BCUT2D eigenvalue weighted by Crippen LogP contribution is 2.23. The van der Waals surface area contributed by atoms with Crippen molar-refractivity contribution in [2.45, 2.75) is 31.1 Å². The lowest BCUT2D eigenvalue weighted by atomic mass is 9.87. The van der Waals surface area contributed by atoms with Crippen molar-refractivity contribution in [3.8, 4) is 0 Å². The molecule has 0 unspecified atom stereocenters. The van der Waals surface area contributed by atoms with Gasteiger partial charge in [0, 0.05) is 36.6 Å². The van der Waals surface area contributed by atoms with E-state index in [-0.39, 0.29) is 21.8 Å². The summed E-state index contributed by atoms with van der Waals surface area (Å²) < 4.78 is 25.8. The molecule has 0 fully saturated rings. The topological polar surface area (TPSA) is 95.6 Å². The maximum Gasteiger partial charge on any atom is 0.255 e. The van der Waals surface area contributed by atoms with E-state index in [1.807, 2.05) is 12.1 Å². The Labute approximate surface area is 200 Å². The van der Waals surface area contributed by atoms with Crippen LogP contribution in [0.2, 0.25) is 0 Å². The summed E-state index contributed by atoms with van der Waals surface area (Å²) in [6.45, 7) is 6.33. The Bertz CT molecular complexity index is 1310. The highest BCUT2D eigenvalue weighted by Gasteiger charge is 2.19. The first-order valence-corrected chi connectivity index (χ1v) is 12.2. The van der Waals surface area contributed by atoms with Gasteiger partial charge in [-0.2, -0.15) is 0 Å². The van der Waals surface area contributed by atoms with Gasteiger partial charge >= 0.3 is 0 Å². The fraction of sp³-hybridized carbons (Fsp3) is 0.231. The van der Waals surface area contributed by atoms with Gasteiger partial charge in [0.2, 0.25) is 10.0 Å². The molecule has 0 spiro atoms. The molecule has 3 aromatic carbocycles. The van der Waals surface area contributed by atoms with Crippen molar-refractivity contribution < 1.29 is 18.0 Å². The first kappa shape index (κ1) is 25.1. The molecule has 0 radical (unpaired) electrons. The summed E-state index contributed by atoms with van der Waals surface area (Å²) in [6.07, 6.45) is 0. The summed E-state index contributed by atoms with van der Waals surface area (Å²) in [7, 11) is -0.795. The van der Waals surface area contributed by atoms with Crippen LogP contribution in [0.15, 0.2) is 77.7 Å². The lowest BCUT2D eigenvalue weighted by molar-refractivity contribution is 0.101. The van der Waals surface area contributed by atoms with Crippen LogP contribution in [0.25, 0.3) is 0 Å². The van der Waals surface area contributed by atoms with E-state index in [1.165, 1.54) is 38.4 Å². The Morgan fingerprint density at radius 1 is 0.735 bits per heavy atom. The Hall–Kier alpha value is -3.49. The minimum Gasteiger partial charge on any atom is -0.322 e. The molecule has 7 nitrogen and oxygen atoms in total. The van der Waals surface area contributed by atoms with Gasteiger partial charge in [-0.05, 0) is 59.5 Å². The van der Waals surface area contributed by atoms with Crippen molar-refractivity contribution in [3.63, 3.8) is 0 Å². The molecule has 3 rings (SSSR count). The van der Waals surface area contributed by atoms with E-state index < -0.39 is 15.9 Å². The first-order chi connectivity index (χ1) is 15.9. The Morgan fingerprint density at radius 3 is 1.79 bits per heavy atom. The van der Waals surface area contributed by atoms with E-state index >= 15 is 0 Å². The molecular formula is C26H29N3O4S. The number of carbonyl (C=O) groups excluding carboxylic acids is 2. The summed E-state index contributed by atoms with van der Waals surface area (Å²) >= 11 is 0. The van der Waals surface area contributed by atoms with E-state index in [2.05, 4.69) is 31.4 Å². The molecule has 0 saturated carbocycles. The molecular weight excluding hydrogens is 450 g/mol. The molecule has 0 bridgehead atoms. The average Bonchev–Trinajstić information content (AvgIpc) is 2.78. The zero-order valence-corrected chi connectivity index (χ0v) is 20.7. The minimum absolute atomic E-state index is 0.00227. The Morgan fingerprint density at radius 2 is 1.26 bits per heavy atom. The molecule has 0 aromatic heterocycles. The number of rotatable bonds is 6. The molecule has 3 aromatic rings. The van der Waals surface area contributed by atoms with Gasteiger partial charge < -0.3 is 10.6 Å². The monoisotopic (exact) mass is 479 g/mol. The van der Waals surface area contributed by atoms with Crippen molar-refractivity contribution in [2.24, 2.45) is 0 Å². The molecule has 0 aliphatic rings. The van der Waals surface area contributed by atoms with E-state index in [1.54, 1.807) is 36.4 Å². The second-order valence-electron chi connectivity index (χ2n) is 9.13. The van der Waals surface area contributed by atoms with E-state index in [0.29, 0.717) is 16.9 Å². The van der Waals surface area contributed by atoms with Crippen LogP contribution in [0, 0.1) is 0 Å². The standard InChI is InChI=1S/C26H29N3O4S/c1-26(2,3)20-14-12-18(13-15-20)24(30)27-21-9-7-10-22(17-21)28-25(31)19-8-6-11-23(16-19)34(32,33)29(4)5/h6-17H,1-5H3,(H,27,30)(H,28,31). The number of anilines is 2. The van der Waals surface area contributed by atoms with Gasteiger partial charge in [0.15, 0.2) is 0 Å². The average molecular weight is 480 g/mol. The third-order valence-electron chi connectivity index (χ3n) is 5.27. The van der Waals surface area contributed by atoms with Crippen LogP contribution in [-0.2, 0) is 15.4 Å². The maximum atomic E-state index is 12.7. The Balaban J connectivity index is 1.72. The number of nitrogens with zero attached hydrogens (tertiary/aromatic N) is 1. The summed E-state index contributed by atoms with van der Waals surface area (Å²) in [5, 5.41) is 5.58. The van der Waals surface area contributed by atoms with Crippen LogP contribution in [0.3, 0.4) is 0 Å². The van der Waals surface area contributed by atoms with Crippen molar-refractivity contribution in [1.29, 1.82) is 0 Å². The second-order valence-corrected chi connectivity index (χ2v) is 11.3. The third-order valence-corrected chi connectivity index (χ3v) is 7.08. The maximum absolute atomic E-state index is 12.7. The highest BCUT2D eigenvalue weighted by molar-refractivity contribution is 7.89. The van der Waals surface area contributed by atoms with Crippen molar-refractivity contribution in [1.82, 2.24) is 4.31 Å². The van der Waals surface area contributed by atoms with Crippen molar-refractivity contribution >= 4 is 33.2 Å². The summed E-state index contributed by atoms with van der Waals surface area (Å²) in [5.41, 5.74) is 2.85. The van der Waals surface area contributed by atoms with Crippen molar-refractivity contribution in [2.75, 3.05) is 24.7 Å². The number of carbonyl (C=O) groups is 2. The van der Waals surface area contributed by atoms with Crippen LogP contribution in [0.5, 0.6) is 0 Å². The molecule has 34 heavy (non-hydrogen) atoms. The van der Waals surface area contributed by atoms with Gasteiger partial charge in [0.05, 0.1) is 4.90 Å². The zero-order valence-electron chi connectivity index (χ0n) is 19.9. The number of sulfonamides is 1. The van der Waals surface area contributed by atoms with Gasteiger partial charge in [-0.25, -0.2) is 12.7 Å². The van der Waals surface area contributed by atoms with Crippen LogP contribution < -0.4 is 10.6 Å². The molecule has 0 heterocycles. The number of benzene rings is 3. The molecule has 2 amide bonds. The third kappa shape index (κ3) is 5.89. The fourth-order valence-electron chi connectivity index (χ4n) is 3.21. The van der Waals surface area contributed by atoms with Gasteiger partial charge in [-0.15, -0.1) is 0 Å². The lowest BCUT2D eigenvalue weighted by Gasteiger charge is -2.19. The van der Waals surface area contributed by atoms with Gasteiger partial charge in [0.1, 0.15) is 0 Å². The molecule has 178 valence electrons. The molecule has 2 N–H and O–H groups in total. The summed E-state index contributed by atoms with van der Waals surface area (Å²) in [4.78, 5) is 25.4. The predicted octanol–water partition coefficient (Wildman–Crippen LogP) is 4.74. The normalized spacial score (nSPS) is 11.8. The number of nitrogens with one attached hydrogen (secondary N) is 2. The molecule has 0 saturated heterocycles. The zero-order chi connectivity index (χ0) is 25.1. The van der Waals surface area contributed by atoms with Crippen LogP contribution in [0.4, 0.5) is 11.4 Å². The van der Waals surface area contributed by atoms with Crippen molar-refractivity contribution in [3.05, 3.63) is 89.5 Å². The predicted molar refractivity (Wildman–Crippen MR) is 135 cm³/mol. The highest BCUT2D eigenvalue weighted by atomic mass is 32.2. The molecule has 8 heteroatoms. The molecule has 0 aliphatic heterocycles. The van der Waals surface area contributed by atoms with E-state index in [0.717, 1.165) is 9.87 Å². The quantitative estimate of drug-likeness (QED) is 0.534. The number of hydrogen-bond donors (Lipinski definition) is 2. The van der Waals surface area contributed by atoms with E-state index in [9.17, 15) is 18.0 Å². The number of hydrogen-bond acceptors (Lipinski definition) is 4. The van der Waals surface area contributed by atoms with Crippen LogP contribution in [0.1, 0.15) is 47.1 Å². The second kappa shape index (κ2) is 9.79. The summed E-state index contributed by atoms with van der Waals surface area (Å²) in [5.74, 6) is -0.720. The first-order valence-electron chi connectivity index (χ1n) is 10.7.